The van der Waals surface area contributed by atoms with E-state index in [9.17, 15) is 39.0 Å². The van der Waals surface area contributed by atoms with Crippen LogP contribution in [0.1, 0.15) is 65.5 Å². The lowest BCUT2D eigenvalue weighted by Gasteiger charge is -2.46. The Balaban J connectivity index is 1.45. The molecule has 2 amide bonds. The molecule has 0 bridgehead atoms. The number of hydrogen-bond acceptors (Lipinski definition) is 15. The summed E-state index contributed by atoms with van der Waals surface area (Å²) < 4.78 is 27.3. The van der Waals surface area contributed by atoms with Crippen LogP contribution in [0.3, 0.4) is 0 Å². The third kappa shape index (κ3) is 7.51. The van der Waals surface area contributed by atoms with Gasteiger partial charge in [0.15, 0.2) is 12.2 Å². The number of likely N-dealkylation sites (tertiary alicyclic amines) is 1. The number of esters is 4. The SMILES string of the molecule is CC(=O)OC[C@@H]1O[C@@H](O/N=C2/C[C@@H](O)[C@@H](O)[C@@H]3[C@@H]4C(=O)N([C@@H](C)c5ccccc5)C(=O)[C@H]4CC[C@H]23)[C@H](OC(C)=O)[C@H](OC(C)=O)[C@@H]1OC(C)=O. The predicted octanol–water partition coefficient (Wildman–Crippen LogP) is 0.956. The number of hydrogen-bond donors (Lipinski definition) is 2. The van der Waals surface area contributed by atoms with Gasteiger partial charge < -0.3 is 38.7 Å². The number of fused-ring (bicyclic) bond motifs is 3. The lowest BCUT2D eigenvalue weighted by molar-refractivity contribution is -0.308. The Hall–Kier alpha value is -4.41. The van der Waals surface area contributed by atoms with E-state index in [1.54, 1.807) is 6.92 Å². The zero-order valence-corrected chi connectivity index (χ0v) is 28.3. The quantitative estimate of drug-likeness (QED) is 0.159. The summed E-state index contributed by atoms with van der Waals surface area (Å²) in [6, 6.07) is 8.56. The van der Waals surface area contributed by atoms with Crippen molar-refractivity contribution in [3.8, 4) is 0 Å². The largest absolute Gasteiger partial charge is 0.463 e. The summed E-state index contributed by atoms with van der Waals surface area (Å²) in [7, 11) is 0. The molecule has 1 aromatic carbocycles. The van der Waals surface area contributed by atoms with Gasteiger partial charge in [-0.2, -0.15) is 0 Å². The molecule has 1 aromatic rings. The van der Waals surface area contributed by atoms with Gasteiger partial charge in [0, 0.05) is 46.0 Å². The highest BCUT2D eigenvalue weighted by Gasteiger charge is 2.61. The van der Waals surface area contributed by atoms with Crippen LogP contribution in [0.2, 0.25) is 0 Å². The molecule has 0 spiro atoms. The van der Waals surface area contributed by atoms with Crippen molar-refractivity contribution in [2.24, 2.45) is 28.8 Å². The minimum Gasteiger partial charge on any atom is -0.463 e. The highest BCUT2D eigenvalue weighted by atomic mass is 16.8. The molecule has 0 radical (unpaired) electrons. The van der Waals surface area contributed by atoms with E-state index in [1.807, 2.05) is 30.3 Å². The van der Waals surface area contributed by atoms with Crippen molar-refractivity contribution in [1.29, 1.82) is 0 Å². The minimum atomic E-state index is -1.61. The van der Waals surface area contributed by atoms with Crippen molar-refractivity contribution < 1.29 is 67.5 Å². The third-order valence-electron chi connectivity index (χ3n) is 9.70. The Morgan fingerprint density at radius 2 is 1.46 bits per heavy atom. The van der Waals surface area contributed by atoms with Gasteiger partial charge in [0.25, 0.3) is 6.29 Å². The van der Waals surface area contributed by atoms with Crippen LogP contribution >= 0.6 is 0 Å². The molecule has 16 heteroatoms. The summed E-state index contributed by atoms with van der Waals surface area (Å²) in [5, 5.41) is 26.5. The molecule has 272 valence electrons. The second kappa shape index (κ2) is 15.2. The number of nitrogens with zero attached hydrogens (tertiary/aromatic N) is 2. The first-order chi connectivity index (χ1) is 23.7. The number of rotatable bonds is 9. The van der Waals surface area contributed by atoms with Crippen molar-refractivity contribution in [2.75, 3.05) is 6.61 Å². The van der Waals surface area contributed by atoms with Crippen molar-refractivity contribution in [1.82, 2.24) is 4.90 Å². The Labute approximate surface area is 287 Å². The van der Waals surface area contributed by atoms with E-state index in [0.717, 1.165) is 33.3 Å². The van der Waals surface area contributed by atoms with Gasteiger partial charge in [0.2, 0.25) is 17.9 Å². The summed E-state index contributed by atoms with van der Waals surface area (Å²) in [6.07, 6.45) is -9.52. The zero-order chi connectivity index (χ0) is 36.4. The number of carbonyl (C=O) groups is 6. The monoisotopic (exact) mass is 702 g/mol. The van der Waals surface area contributed by atoms with Crippen molar-refractivity contribution >= 4 is 41.4 Å². The maximum Gasteiger partial charge on any atom is 0.303 e. The first-order valence-corrected chi connectivity index (χ1v) is 16.5. The fourth-order valence-electron chi connectivity index (χ4n) is 7.65. The molecule has 0 aromatic heterocycles. The summed E-state index contributed by atoms with van der Waals surface area (Å²) in [5.74, 6) is -7.00. The topological polar surface area (TPSA) is 214 Å². The van der Waals surface area contributed by atoms with E-state index in [4.69, 9.17) is 28.5 Å². The summed E-state index contributed by atoms with van der Waals surface area (Å²) in [5.41, 5.74) is 1.03. The molecule has 2 N–H and O–H groups in total. The first kappa shape index (κ1) is 36.9. The predicted molar refractivity (Wildman–Crippen MR) is 167 cm³/mol. The molecule has 2 saturated heterocycles. The standard InChI is InChI=1S/C34H42N2O14/c1-15(20-9-7-6-8-10-20)36-32(43)22-12-11-21-23(13-24(41)28(42)26(21)27(22)33(36)44)35-50-34-31(48-19(5)40)30(47-18(4)39)29(46-17(3)38)25(49-34)14-45-16(2)37/h6-10,15,21-22,24-31,34,41-42H,11-14H2,1-5H3/b35-23-/t15-,21+,22-,24+,25-,26-,27+,28+,29+,30+,31+,34-/m0/s1. The van der Waals surface area contributed by atoms with Crippen LogP contribution in [0, 0.1) is 23.7 Å². The van der Waals surface area contributed by atoms with Crippen molar-refractivity contribution in [3.05, 3.63) is 35.9 Å². The molecule has 2 aliphatic carbocycles. The van der Waals surface area contributed by atoms with Gasteiger partial charge in [0.05, 0.1) is 35.8 Å². The number of benzene rings is 1. The van der Waals surface area contributed by atoms with E-state index in [0.29, 0.717) is 12.8 Å². The highest BCUT2D eigenvalue weighted by molar-refractivity contribution is 6.06. The van der Waals surface area contributed by atoms with E-state index < -0.39 is 109 Å². The van der Waals surface area contributed by atoms with Gasteiger partial charge in [-0.05, 0) is 25.3 Å². The lowest BCUT2D eigenvalue weighted by Crippen LogP contribution is -2.62. The highest BCUT2D eigenvalue weighted by Crippen LogP contribution is 2.51. The number of oxime groups is 1. The molecular formula is C34H42N2O14. The van der Waals surface area contributed by atoms with Gasteiger partial charge >= 0.3 is 23.9 Å². The number of carbonyl (C=O) groups excluding carboxylic acids is 6. The second-order valence-corrected chi connectivity index (χ2v) is 13.0. The van der Waals surface area contributed by atoms with Crippen LogP contribution in [-0.4, -0.2) is 106 Å². The molecular weight excluding hydrogens is 660 g/mol. The van der Waals surface area contributed by atoms with E-state index in [-0.39, 0.29) is 18.0 Å². The number of aliphatic hydroxyl groups is 2. The molecule has 4 fully saturated rings. The summed E-state index contributed by atoms with van der Waals surface area (Å²) in [4.78, 5) is 82.7. The second-order valence-electron chi connectivity index (χ2n) is 13.0. The van der Waals surface area contributed by atoms with Crippen molar-refractivity contribution in [2.45, 2.75) is 103 Å². The van der Waals surface area contributed by atoms with Crippen LogP contribution in [0.4, 0.5) is 0 Å². The number of imide groups is 1. The zero-order valence-electron chi connectivity index (χ0n) is 28.3. The average Bonchev–Trinajstić information content (AvgIpc) is 3.31. The molecule has 16 nitrogen and oxygen atoms in total. The maximum absolute atomic E-state index is 14.0. The molecule has 4 aliphatic rings. The normalized spacial score (nSPS) is 35.0. The van der Waals surface area contributed by atoms with Gasteiger partial charge in [-0.1, -0.05) is 35.5 Å². The first-order valence-electron chi connectivity index (χ1n) is 16.5. The molecule has 2 heterocycles. The molecule has 2 saturated carbocycles. The summed E-state index contributed by atoms with van der Waals surface area (Å²) in [6.45, 7) is 5.71. The van der Waals surface area contributed by atoms with Crippen LogP contribution in [-0.2, 0) is 57.3 Å². The molecule has 50 heavy (non-hydrogen) atoms. The fourth-order valence-corrected chi connectivity index (χ4v) is 7.65. The van der Waals surface area contributed by atoms with E-state index in [2.05, 4.69) is 5.16 Å². The smallest absolute Gasteiger partial charge is 0.303 e. The molecule has 0 unspecified atom stereocenters. The fraction of sp³-hybridized carbons (Fsp3) is 0.618. The molecule has 12 atom stereocenters. The Bertz CT molecular complexity index is 1520. The van der Waals surface area contributed by atoms with Gasteiger partial charge in [0.1, 0.15) is 12.7 Å². The van der Waals surface area contributed by atoms with Gasteiger partial charge in [-0.25, -0.2) is 0 Å². The average molecular weight is 703 g/mol. The Morgan fingerprint density at radius 3 is 2.08 bits per heavy atom. The van der Waals surface area contributed by atoms with Gasteiger partial charge in [-0.3, -0.25) is 33.7 Å². The van der Waals surface area contributed by atoms with E-state index in [1.165, 1.54) is 4.90 Å². The van der Waals surface area contributed by atoms with E-state index >= 15 is 0 Å². The Morgan fingerprint density at radius 1 is 0.860 bits per heavy atom. The van der Waals surface area contributed by atoms with Gasteiger partial charge in [-0.15, -0.1) is 0 Å². The van der Waals surface area contributed by atoms with Crippen LogP contribution in [0.5, 0.6) is 0 Å². The summed E-state index contributed by atoms with van der Waals surface area (Å²) >= 11 is 0. The van der Waals surface area contributed by atoms with Crippen molar-refractivity contribution in [3.63, 3.8) is 0 Å². The molecule has 2 aliphatic heterocycles. The number of ether oxygens (including phenoxy) is 5. The maximum atomic E-state index is 14.0. The number of aliphatic hydroxyl groups excluding tert-OH is 2. The van der Waals surface area contributed by atoms with Crippen LogP contribution < -0.4 is 0 Å². The van der Waals surface area contributed by atoms with Crippen LogP contribution in [0.25, 0.3) is 0 Å². The third-order valence-corrected chi connectivity index (χ3v) is 9.70. The Kier molecular flexibility index (Phi) is 11.2. The van der Waals surface area contributed by atoms with Crippen LogP contribution in [0.15, 0.2) is 35.5 Å². The lowest BCUT2D eigenvalue weighted by atomic mass is 9.60. The molecule has 5 rings (SSSR count). The number of amides is 2. The minimum absolute atomic E-state index is 0.155.